The molecule has 0 heterocycles. The summed E-state index contributed by atoms with van der Waals surface area (Å²) in [7, 11) is 0. The molecule has 2 aromatic carbocycles. The van der Waals surface area contributed by atoms with Crippen molar-refractivity contribution in [2.45, 2.75) is 17.0 Å². The number of hydrogen-bond acceptors (Lipinski definition) is 2. The molecule has 0 bridgehead atoms. The third kappa shape index (κ3) is 4.87. The SMILES string of the molecule is FC(F)(F)Sc1ccc(COc2ccccc2)cc1. The van der Waals surface area contributed by atoms with E-state index in [-0.39, 0.29) is 16.7 Å². The Hall–Kier alpha value is -1.62. The van der Waals surface area contributed by atoms with E-state index in [1.165, 1.54) is 12.1 Å². The van der Waals surface area contributed by atoms with E-state index in [9.17, 15) is 13.2 Å². The average molecular weight is 284 g/mol. The lowest BCUT2D eigenvalue weighted by Crippen LogP contribution is -1.99. The van der Waals surface area contributed by atoms with Gasteiger partial charge in [-0.15, -0.1) is 0 Å². The van der Waals surface area contributed by atoms with Gasteiger partial charge in [-0.1, -0.05) is 30.3 Å². The monoisotopic (exact) mass is 284 g/mol. The van der Waals surface area contributed by atoms with Crippen LogP contribution < -0.4 is 4.74 Å². The second kappa shape index (κ2) is 6.02. The zero-order valence-corrected chi connectivity index (χ0v) is 10.7. The highest BCUT2D eigenvalue weighted by Crippen LogP contribution is 2.36. The van der Waals surface area contributed by atoms with Crippen molar-refractivity contribution in [2.75, 3.05) is 0 Å². The van der Waals surface area contributed by atoms with Gasteiger partial charge in [-0.25, -0.2) is 0 Å². The molecular formula is C14H11F3OS. The molecule has 2 rings (SSSR count). The first-order chi connectivity index (χ1) is 9.03. The standard InChI is InChI=1S/C14H11F3OS/c15-14(16,17)19-13-8-6-11(7-9-13)10-18-12-4-2-1-3-5-12/h1-9H,10H2. The van der Waals surface area contributed by atoms with Crippen LogP contribution in [0.5, 0.6) is 5.75 Å². The van der Waals surface area contributed by atoms with Crippen LogP contribution in [-0.2, 0) is 6.61 Å². The van der Waals surface area contributed by atoms with Crippen molar-refractivity contribution in [1.82, 2.24) is 0 Å². The molecule has 1 nitrogen and oxygen atoms in total. The van der Waals surface area contributed by atoms with E-state index in [0.29, 0.717) is 6.61 Å². The molecule has 0 amide bonds. The maximum atomic E-state index is 12.1. The van der Waals surface area contributed by atoms with Crippen molar-refractivity contribution in [2.24, 2.45) is 0 Å². The van der Waals surface area contributed by atoms with Crippen molar-refractivity contribution in [3.05, 3.63) is 60.2 Å². The summed E-state index contributed by atoms with van der Waals surface area (Å²) in [6.07, 6.45) is 0. The molecule has 0 radical (unpaired) electrons. The van der Waals surface area contributed by atoms with Crippen molar-refractivity contribution in [1.29, 1.82) is 0 Å². The summed E-state index contributed by atoms with van der Waals surface area (Å²) in [5.74, 6) is 0.733. The quantitative estimate of drug-likeness (QED) is 0.740. The molecule has 0 saturated heterocycles. The summed E-state index contributed by atoms with van der Waals surface area (Å²) in [4.78, 5) is 0.177. The van der Waals surface area contributed by atoms with Crippen molar-refractivity contribution in [3.8, 4) is 5.75 Å². The Kier molecular flexibility index (Phi) is 4.37. The fraction of sp³-hybridized carbons (Fsp3) is 0.143. The molecule has 0 N–H and O–H groups in total. The van der Waals surface area contributed by atoms with Crippen LogP contribution in [0.15, 0.2) is 59.5 Å². The maximum Gasteiger partial charge on any atom is 0.446 e. The van der Waals surface area contributed by atoms with Gasteiger partial charge in [0, 0.05) is 4.90 Å². The Bertz CT molecular complexity index is 508. The van der Waals surface area contributed by atoms with Gasteiger partial charge < -0.3 is 4.74 Å². The molecule has 0 aliphatic heterocycles. The molecule has 0 aromatic heterocycles. The summed E-state index contributed by atoms with van der Waals surface area (Å²) in [5.41, 5.74) is -3.42. The van der Waals surface area contributed by atoms with E-state index in [2.05, 4.69) is 0 Å². The van der Waals surface area contributed by atoms with Gasteiger partial charge in [-0.2, -0.15) is 13.2 Å². The van der Waals surface area contributed by atoms with Gasteiger partial charge >= 0.3 is 5.51 Å². The Morgan fingerprint density at radius 2 is 1.53 bits per heavy atom. The number of thioether (sulfide) groups is 1. The molecule has 0 saturated carbocycles. The maximum absolute atomic E-state index is 12.1. The lowest BCUT2D eigenvalue weighted by molar-refractivity contribution is -0.0328. The predicted octanol–water partition coefficient (Wildman–Crippen LogP) is 4.88. The van der Waals surface area contributed by atoms with Gasteiger partial charge in [0.1, 0.15) is 12.4 Å². The highest BCUT2D eigenvalue weighted by Gasteiger charge is 2.28. The van der Waals surface area contributed by atoms with Gasteiger partial charge in [0.05, 0.1) is 0 Å². The van der Waals surface area contributed by atoms with E-state index in [0.717, 1.165) is 11.3 Å². The number of alkyl halides is 3. The van der Waals surface area contributed by atoms with Crippen LogP contribution >= 0.6 is 11.8 Å². The first-order valence-electron chi connectivity index (χ1n) is 5.55. The van der Waals surface area contributed by atoms with Crippen LogP contribution in [0.1, 0.15) is 5.56 Å². The smallest absolute Gasteiger partial charge is 0.446 e. The number of para-hydroxylation sites is 1. The molecule has 2 aromatic rings. The van der Waals surface area contributed by atoms with Crippen LogP contribution in [0.3, 0.4) is 0 Å². The molecule has 100 valence electrons. The van der Waals surface area contributed by atoms with Crippen LogP contribution in [0.4, 0.5) is 13.2 Å². The van der Waals surface area contributed by atoms with Crippen LogP contribution in [0.25, 0.3) is 0 Å². The predicted molar refractivity (Wildman–Crippen MR) is 69.1 cm³/mol. The number of benzene rings is 2. The lowest BCUT2D eigenvalue weighted by Gasteiger charge is -2.08. The Balaban J connectivity index is 1.92. The normalized spacial score (nSPS) is 11.3. The highest BCUT2D eigenvalue weighted by molar-refractivity contribution is 8.00. The highest BCUT2D eigenvalue weighted by atomic mass is 32.2. The van der Waals surface area contributed by atoms with E-state index >= 15 is 0 Å². The average Bonchev–Trinajstić information content (AvgIpc) is 2.37. The van der Waals surface area contributed by atoms with Crippen molar-refractivity contribution < 1.29 is 17.9 Å². The van der Waals surface area contributed by atoms with Gasteiger partial charge in [0.25, 0.3) is 0 Å². The van der Waals surface area contributed by atoms with Crippen molar-refractivity contribution in [3.63, 3.8) is 0 Å². The molecule has 0 unspecified atom stereocenters. The Labute approximate surface area is 113 Å². The topological polar surface area (TPSA) is 9.23 Å². The van der Waals surface area contributed by atoms with Gasteiger partial charge in [0.15, 0.2) is 0 Å². The number of hydrogen-bond donors (Lipinski definition) is 0. The van der Waals surface area contributed by atoms with Crippen molar-refractivity contribution >= 4 is 11.8 Å². The largest absolute Gasteiger partial charge is 0.489 e. The number of ether oxygens (including phenoxy) is 1. The first-order valence-corrected chi connectivity index (χ1v) is 6.37. The molecule has 0 aliphatic rings. The second-order valence-electron chi connectivity index (χ2n) is 3.79. The van der Waals surface area contributed by atoms with Crippen LogP contribution in [0, 0.1) is 0 Å². The lowest BCUT2D eigenvalue weighted by atomic mass is 10.2. The summed E-state index contributed by atoms with van der Waals surface area (Å²) in [6.45, 7) is 0.334. The van der Waals surface area contributed by atoms with E-state index in [1.807, 2.05) is 30.3 Å². The minimum atomic E-state index is -4.25. The molecule has 0 atom stereocenters. The molecule has 0 fully saturated rings. The molecule has 5 heteroatoms. The summed E-state index contributed by atoms with van der Waals surface area (Å²) in [5, 5.41) is 0. The third-order valence-corrected chi connectivity index (χ3v) is 3.04. The van der Waals surface area contributed by atoms with Gasteiger partial charge in [0.2, 0.25) is 0 Å². The fourth-order valence-electron chi connectivity index (χ4n) is 1.47. The van der Waals surface area contributed by atoms with Gasteiger partial charge in [-0.3, -0.25) is 0 Å². The van der Waals surface area contributed by atoms with E-state index in [1.54, 1.807) is 12.1 Å². The number of halogens is 3. The Morgan fingerprint density at radius 3 is 2.11 bits per heavy atom. The Morgan fingerprint density at radius 1 is 0.895 bits per heavy atom. The molecular weight excluding hydrogens is 273 g/mol. The van der Waals surface area contributed by atoms with Crippen LogP contribution in [0.2, 0.25) is 0 Å². The zero-order valence-electron chi connectivity index (χ0n) is 9.85. The summed E-state index contributed by atoms with van der Waals surface area (Å²) >= 11 is -0.117. The van der Waals surface area contributed by atoms with Crippen LogP contribution in [-0.4, -0.2) is 5.51 Å². The van der Waals surface area contributed by atoms with E-state index in [4.69, 9.17) is 4.74 Å². The summed E-state index contributed by atoms with van der Waals surface area (Å²) in [6, 6.07) is 15.4. The number of rotatable bonds is 4. The molecule has 19 heavy (non-hydrogen) atoms. The van der Waals surface area contributed by atoms with Gasteiger partial charge in [-0.05, 0) is 41.6 Å². The summed E-state index contributed by atoms with van der Waals surface area (Å²) < 4.78 is 42.0. The zero-order chi connectivity index (χ0) is 13.7. The minimum absolute atomic E-state index is 0.117. The molecule has 0 aliphatic carbocycles. The molecule has 0 spiro atoms. The minimum Gasteiger partial charge on any atom is -0.489 e. The third-order valence-electron chi connectivity index (χ3n) is 2.31. The second-order valence-corrected chi connectivity index (χ2v) is 4.93. The van der Waals surface area contributed by atoms with E-state index < -0.39 is 5.51 Å². The fourth-order valence-corrected chi connectivity index (χ4v) is 2.01. The first kappa shape index (κ1) is 13.8.